The lowest BCUT2D eigenvalue weighted by atomic mass is 9.91. The highest BCUT2D eigenvalue weighted by Gasteiger charge is 2.86. The van der Waals surface area contributed by atoms with Crippen LogP contribution in [0.15, 0.2) is 0 Å². The van der Waals surface area contributed by atoms with Gasteiger partial charge in [-0.25, -0.2) is 0 Å². The molecule has 0 amide bonds. The van der Waals surface area contributed by atoms with Crippen LogP contribution in [0.4, 0.5) is 39.5 Å². The Kier molecular flexibility index (Phi) is 9.19. The minimum Gasteiger partial charge on any atom is -0.294 e. The SMILES string of the molecule is CCCC(=O)C[S+](CC1CCCCC1)OS(=O)(=O)C(F)(F)C(F)(F)C(F)(F)C(F)(F)F. The van der Waals surface area contributed by atoms with E-state index in [0.717, 1.165) is 6.42 Å². The number of ketones is 1. The molecule has 0 saturated heterocycles. The van der Waals surface area contributed by atoms with E-state index in [4.69, 9.17) is 0 Å². The molecule has 15 heteroatoms. The van der Waals surface area contributed by atoms with Gasteiger partial charge in [-0.05, 0) is 22.9 Å². The average molecular weight is 513 g/mol. The molecule has 0 N–H and O–H groups in total. The van der Waals surface area contributed by atoms with Gasteiger partial charge in [0, 0.05) is 12.3 Å². The van der Waals surface area contributed by atoms with E-state index < -0.39 is 56.1 Å². The molecule has 0 spiro atoms. The first-order chi connectivity index (χ1) is 13.9. The molecule has 1 saturated carbocycles. The standard InChI is InChI=1S/C16H22F9O4S2/c1-2-6-12(26)10-30(9-11-7-4-3-5-8-11)29-31(27,28)16(24,25)14(19,20)13(17,18)15(21,22)23/h11H,2-10H2,1H3/q+1. The fraction of sp³-hybridized carbons (Fsp3) is 0.938. The van der Waals surface area contributed by atoms with Crippen LogP contribution < -0.4 is 0 Å². The second kappa shape index (κ2) is 10.1. The molecule has 1 aliphatic rings. The fourth-order valence-electron chi connectivity index (χ4n) is 2.95. The predicted molar refractivity (Wildman–Crippen MR) is 94.5 cm³/mol. The van der Waals surface area contributed by atoms with E-state index >= 15 is 0 Å². The Hall–Kier alpha value is -0.700. The Labute approximate surface area is 176 Å². The van der Waals surface area contributed by atoms with Crippen LogP contribution in [0, 0.1) is 5.92 Å². The fourth-order valence-corrected chi connectivity index (χ4v) is 6.64. The lowest BCUT2D eigenvalue weighted by Gasteiger charge is -2.32. The molecule has 0 bridgehead atoms. The smallest absolute Gasteiger partial charge is 0.294 e. The predicted octanol–water partition coefficient (Wildman–Crippen LogP) is 5.24. The largest absolute Gasteiger partial charge is 0.460 e. The quantitative estimate of drug-likeness (QED) is 0.280. The summed E-state index contributed by atoms with van der Waals surface area (Å²) in [6, 6.07) is 0. The summed E-state index contributed by atoms with van der Waals surface area (Å²) in [4.78, 5) is 11.8. The molecule has 0 aliphatic heterocycles. The van der Waals surface area contributed by atoms with Crippen molar-refractivity contribution in [2.24, 2.45) is 5.92 Å². The lowest BCUT2D eigenvalue weighted by Crippen LogP contribution is -2.63. The van der Waals surface area contributed by atoms with Gasteiger partial charge in [-0.2, -0.15) is 47.9 Å². The molecule has 1 aliphatic carbocycles. The van der Waals surface area contributed by atoms with Gasteiger partial charge in [-0.15, -0.1) is 0 Å². The van der Waals surface area contributed by atoms with Crippen LogP contribution in [-0.2, 0) is 29.7 Å². The summed E-state index contributed by atoms with van der Waals surface area (Å²) in [6.45, 7) is 1.57. The molecule has 0 aromatic rings. The van der Waals surface area contributed by atoms with Gasteiger partial charge in [0.2, 0.25) is 5.75 Å². The number of halogens is 9. The maximum Gasteiger partial charge on any atom is 0.460 e. The molecule has 4 nitrogen and oxygen atoms in total. The van der Waals surface area contributed by atoms with Gasteiger partial charge in [0.1, 0.15) is 5.75 Å². The number of carbonyl (C=O) groups is 1. The van der Waals surface area contributed by atoms with E-state index in [1.807, 2.05) is 0 Å². The van der Waals surface area contributed by atoms with Crippen molar-refractivity contribution in [1.82, 2.24) is 0 Å². The topological polar surface area (TPSA) is 60.4 Å². The zero-order chi connectivity index (χ0) is 24.3. The molecule has 184 valence electrons. The minimum absolute atomic E-state index is 0.115. The molecule has 1 rings (SSSR count). The van der Waals surface area contributed by atoms with Crippen LogP contribution >= 0.6 is 0 Å². The molecular weight excluding hydrogens is 491 g/mol. The van der Waals surface area contributed by atoms with Gasteiger partial charge in [0.15, 0.2) is 17.0 Å². The Morgan fingerprint density at radius 3 is 1.90 bits per heavy atom. The van der Waals surface area contributed by atoms with Crippen molar-refractivity contribution in [2.75, 3.05) is 11.5 Å². The van der Waals surface area contributed by atoms with E-state index in [9.17, 15) is 52.7 Å². The van der Waals surface area contributed by atoms with Gasteiger partial charge in [0.25, 0.3) is 0 Å². The van der Waals surface area contributed by atoms with E-state index in [-0.39, 0.29) is 24.5 Å². The van der Waals surface area contributed by atoms with Gasteiger partial charge in [-0.3, -0.25) is 4.79 Å². The summed E-state index contributed by atoms with van der Waals surface area (Å²) in [5.74, 6) is -16.7. The maximum absolute atomic E-state index is 13.9. The zero-order valence-corrected chi connectivity index (χ0v) is 17.9. The van der Waals surface area contributed by atoms with E-state index in [0.29, 0.717) is 25.7 Å². The van der Waals surface area contributed by atoms with Crippen molar-refractivity contribution in [2.45, 2.75) is 75.1 Å². The first-order valence-corrected chi connectivity index (χ1v) is 12.1. The Morgan fingerprint density at radius 1 is 0.935 bits per heavy atom. The van der Waals surface area contributed by atoms with Crippen molar-refractivity contribution in [3.8, 4) is 0 Å². The molecule has 1 atom stereocenters. The molecule has 0 heterocycles. The van der Waals surface area contributed by atoms with Gasteiger partial charge in [-0.1, -0.05) is 26.2 Å². The van der Waals surface area contributed by atoms with Crippen LogP contribution in [0.5, 0.6) is 0 Å². The molecule has 1 fully saturated rings. The number of hydrogen-bond donors (Lipinski definition) is 0. The van der Waals surface area contributed by atoms with Gasteiger partial charge < -0.3 is 0 Å². The third-order valence-electron chi connectivity index (χ3n) is 4.61. The number of Topliss-reactive ketones (excluding diaryl/α,β-unsaturated/α-hetero) is 1. The van der Waals surface area contributed by atoms with Crippen LogP contribution in [0.3, 0.4) is 0 Å². The lowest BCUT2D eigenvalue weighted by molar-refractivity contribution is -0.382. The minimum atomic E-state index is -7.36. The summed E-state index contributed by atoms with van der Waals surface area (Å²) in [5, 5.41) is -6.91. The zero-order valence-electron chi connectivity index (χ0n) is 16.3. The van der Waals surface area contributed by atoms with E-state index in [1.54, 1.807) is 6.92 Å². The first kappa shape index (κ1) is 28.3. The van der Waals surface area contributed by atoms with Crippen molar-refractivity contribution >= 4 is 27.1 Å². The summed E-state index contributed by atoms with van der Waals surface area (Å²) < 4.78 is 145. The number of rotatable bonds is 11. The summed E-state index contributed by atoms with van der Waals surface area (Å²) in [6.07, 6.45) is -3.73. The van der Waals surface area contributed by atoms with E-state index in [2.05, 4.69) is 3.63 Å². The highest BCUT2D eigenvalue weighted by Crippen LogP contribution is 2.55. The molecule has 1 unspecified atom stereocenters. The highest BCUT2D eigenvalue weighted by molar-refractivity contribution is 8.03. The number of hydrogen-bond acceptors (Lipinski definition) is 4. The molecule has 0 aromatic heterocycles. The highest BCUT2D eigenvalue weighted by atomic mass is 32.3. The average Bonchev–Trinajstić information content (AvgIpc) is 2.60. The monoisotopic (exact) mass is 513 g/mol. The third-order valence-corrected chi connectivity index (χ3v) is 8.47. The molecular formula is C16H22F9O4S2+. The van der Waals surface area contributed by atoms with E-state index in [1.165, 1.54) is 0 Å². The Bertz CT molecular complexity index is 717. The Balaban J connectivity index is 3.20. The normalized spacial score (nSPS) is 18.8. The molecule has 31 heavy (non-hydrogen) atoms. The summed E-state index contributed by atoms with van der Waals surface area (Å²) in [5.41, 5.74) is 0. The Morgan fingerprint density at radius 2 is 1.45 bits per heavy atom. The second-order valence-corrected chi connectivity index (χ2v) is 10.7. The first-order valence-electron chi connectivity index (χ1n) is 9.24. The third kappa shape index (κ3) is 6.21. The van der Waals surface area contributed by atoms with Crippen molar-refractivity contribution < 1.29 is 56.4 Å². The van der Waals surface area contributed by atoms with Crippen molar-refractivity contribution in [3.05, 3.63) is 0 Å². The second-order valence-electron chi connectivity index (χ2n) is 7.23. The molecule has 0 aromatic carbocycles. The van der Waals surface area contributed by atoms with Crippen LogP contribution in [0.25, 0.3) is 0 Å². The van der Waals surface area contributed by atoms with Crippen molar-refractivity contribution in [3.63, 3.8) is 0 Å². The van der Waals surface area contributed by atoms with Crippen LogP contribution in [0.2, 0.25) is 0 Å². The number of carbonyl (C=O) groups excluding carboxylic acids is 1. The maximum atomic E-state index is 13.9. The summed E-state index contributed by atoms with van der Waals surface area (Å²) >= 11 is -2.23. The molecule has 0 radical (unpaired) electrons. The van der Waals surface area contributed by atoms with Gasteiger partial charge in [0.05, 0.1) is 0 Å². The van der Waals surface area contributed by atoms with Crippen LogP contribution in [0.1, 0.15) is 51.9 Å². The summed E-state index contributed by atoms with van der Waals surface area (Å²) in [7, 11) is -6.97. The van der Waals surface area contributed by atoms with Crippen LogP contribution in [-0.4, -0.2) is 49.0 Å². The van der Waals surface area contributed by atoms with Gasteiger partial charge >= 0.3 is 33.4 Å². The van der Waals surface area contributed by atoms with Crippen molar-refractivity contribution in [1.29, 1.82) is 0 Å². The number of alkyl halides is 9.